The Morgan fingerprint density at radius 2 is 1.71 bits per heavy atom. The zero-order valence-electron chi connectivity index (χ0n) is 16.5. The summed E-state index contributed by atoms with van der Waals surface area (Å²) in [6, 6.07) is 18.7. The van der Waals surface area contributed by atoms with Gasteiger partial charge in [0.25, 0.3) is 5.91 Å². The largest absolute Gasteiger partial charge is 0.482 e. The third kappa shape index (κ3) is 6.57. The number of carbonyl (C=O) groups is 2. The maximum absolute atomic E-state index is 12.1. The predicted molar refractivity (Wildman–Crippen MR) is 120 cm³/mol. The summed E-state index contributed by atoms with van der Waals surface area (Å²) in [7, 11) is 0. The van der Waals surface area contributed by atoms with E-state index in [4.69, 9.17) is 32.7 Å². The molecular weight excluding hydrogens is 439 g/mol. The smallest absolute Gasteiger partial charge is 0.343 e. The Morgan fingerprint density at radius 1 is 1.00 bits per heavy atom. The van der Waals surface area contributed by atoms with Gasteiger partial charge < -0.3 is 9.47 Å². The van der Waals surface area contributed by atoms with Gasteiger partial charge in [-0.05, 0) is 61.0 Å². The second kappa shape index (κ2) is 10.6. The van der Waals surface area contributed by atoms with Crippen LogP contribution in [0.5, 0.6) is 11.5 Å². The van der Waals surface area contributed by atoms with Crippen molar-refractivity contribution in [1.29, 1.82) is 0 Å². The van der Waals surface area contributed by atoms with Gasteiger partial charge in [-0.25, -0.2) is 10.2 Å². The van der Waals surface area contributed by atoms with Crippen LogP contribution in [0.4, 0.5) is 0 Å². The van der Waals surface area contributed by atoms with E-state index in [0.717, 1.165) is 5.56 Å². The minimum absolute atomic E-state index is 0.239. The summed E-state index contributed by atoms with van der Waals surface area (Å²) in [5.41, 5.74) is 4.59. The monoisotopic (exact) mass is 456 g/mol. The van der Waals surface area contributed by atoms with E-state index in [9.17, 15) is 9.59 Å². The number of hydrogen-bond acceptors (Lipinski definition) is 5. The Balaban J connectivity index is 1.47. The van der Waals surface area contributed by atoms with Crippen molar-refractivity contribution in [2.45, 2.75) is 6.92 Å². The molecular formula is C23H18Cl2N2O4. The fraction of sp³-hybridized carbons (Fsp3) is 0.0870. The van der Waals surface area contributed by atoms with Gasteiger partial charge in [0.15, 0.2) is 6.61 Å². The Hall–Kier alpha value is -3.35. The summed E-state index contributed by atoms with van der Waals surface area (Å²) >= 11 is 11.9. The number of hydrazone groups is 1. The number of benzene rings is 3. The van der Waals surface area contributed by atoms with Crippen molar-refractivity contribution in [2.75, 3.05) is 6.61 Å². The lowest BCUT2D eigenvalue weighted by Crippen LogP contribution is -2.24. The van der Waals surface area contributed by atoms with Gasteiger partial charge >= 0.3 is 5.97 Å². The van der Waals surface area contributed by atoms with Gasteiger partial charge in [0.05, 0.1) is 16.8 Å². The van der Waals surface area contributed by atoms with Crippen molar-refractivity contribution in [2.24, 2.45) is 5.10 Å². The summed E-state index contributed by atoms with van der Waals surface area (Å²) in [5.74, 6) is -0.188. The molecule has 158 valence electrons. The summed E-state index contributed by atoms with van der Waals surface area (Å²) in [5, 5.41) is 4.45. The number of nitrogens with zero attached hydrogens (tertiary/aromatic N) is 1. The number of carbonyl (C=O) groups excluding carboxylic acids is 2. The van der Waals surface area contributed by atoms with Crippen molar-refractivity contribution in [3.8, 4) is 11.5 Å². The molecule has 0 saturated heterocycles. The van der Waals surface area contributed by atoms with Gasteiger partial charge in [0.2, 0.25) is 0 Å². The fourth-order valence-corrected chi connectivity index (χ4v) is 2.77. The Labute approximate surface area is 189 Å². The van der Waals surface area contributed by atoms with Crippen LogP contribution in [0.2, 0.25) is 10.0 Å². The van der Waals surface area contributed by atoms with Gasteiger partial charge in [0, 0.05) is 0 Å². The molecule has 3 aromatic carbocycles. The normalized spacial score (nSPS) is 10.7. The molecule has 0 heterocycles. The van der Waals surface area contributed by atoms with E-state index in [-0.39, 0.29) is 11.6 Å². The van der Waals surface area contributed by atoms with Gasteiger partial charge in [-0.3, -0.25) is 4.79 Å². The van der Waals surface area contributed by atoms with Gasteiger partial charge in [-0.1, -0.05) is 47.0 Å². The Bertz CT molecular complexity index is 1100. The molecule has 0 aliphatic rings. The van der Waals surface area contributed by atoms with Crippen LogP contribution < -0.4 is 14.9 Å². The lowest BCUT2D eigenvalue weighted by Gasteiger charge is -2.07. The lowest BCUT2D eigenvalue weighted by atomic mass is 10.1. The number of ether oxygens (including phenoxy) is 2. The number of aryl methyl sites for hydroxylation is 1. The average molecular weight is 457 g/mol. The number of esters is 1. The van der Waals surface area contributed by atoms with Crippen molar-refractivity contribution in [3.05, 3.63) is 93.5 Å². The molecule has 0 saturated carbocycles. The average Bonchev–Trinajstić information content (AvgIpc) is 2.76. The van der Waals surface area contributed by atoms with E-state index >= 15 is 0 Å². The molecule has 3 aromatic rings. The maximum atomic E-state index is 12.1. The summed E-state index contributed by atoms with van der Waals surface area (Å²) in [6.07, 6.45) is 1.45. The molecule has 0 unspecified atom stereocenters. The summed E-state index contributed by atoms with van der Waals surface area (Å²) < 4.78 is 10.7. The lowest BCUT2D eigenvalue weighted by molar-refractivity contribution is -0.123. The first-order chi connectivity index (χ1) is 14.9. The number of amides is 1. The Kier molecular flexibility index (Phi) is 7.65. The van der Waals surface area contributed by atoms with E-state index in [0.29, 0.717) is 27.6 Å². The number of halogens is 2. The molecule has 1 amide bonds. The number of nitrogens with one attached hydrogen (secondary N) is 1. The van der Waals surface area contributed by atoms with Gasteiger partial charge in [0.1, 0.15) is 16.5 Å². The van der Waals surface area contributed by atoms with Crippen LogP contribution in [0.15, 0.2) is 71.8 Å². The van der Waals surface area contributed by atoms with E-state index in [2.05, 4.69) is 10.5 Å². The first-order valence-corrected chi connectivity index (χ1v) is 9.95. The standard InChI is InChI=1S/C23H18Cl2N2O4/c1-15-5-9-17(10-6-15)23(29)31-18-11-7-16(8-12-18)13-26-27-21(28)14-30-20-4-2-3-19(24)22(20)25/h2-13H,14H2,1H3,(H,27,28). The van der Waals surface area contributed by atoms with Crippen molar-refractivity contribution in [1.82, 2.24) is 5.43 Å². The van der Waals surface area contributed by atoms with E-state index < -0.39 is 11.9 Å². The third-order valence-electron chi connectivity index (χ3n) is 4.06. The van der Waals surface area contributed by atoms with Crippen LogP contribution >= 0.6 is 23.2 Å². The molecule has 0 aliphatic carbocycles. The predicted octanol–water partition coefficient (Wildman–Crippen LogP) is 5.05. The van der Waals surface area contributed by atoms with Crippen LogP contribution in [0, 0.1) is 6.92 Å². The molecule has 0 radical (unpaired) electrons. The number of hydrogen-bond donors (Lipinski definition) is 1. The van der Waals surface area contributed by atoms with Crippen molar-refractivity contribution in [3.63, 3.8) is 0 Å². The topological polar surface area (TPSA) is 77.0 Å². The van der Waals surface area contributed by atoms with Crippen LogP contribution in [-0.4, -0.2) is 24.7 Å². The maximum Gasteiger partial charge on any atom is 0.343 e. The highest BCUT2D eigenvalue weighted by Gasteiger charge is 2.09. The molecule has 8 heteroatoms. The molecule has 0 spiro atoms. The first kappa shape index (κ1) is 22.3. The van der Waals surface area contributed by atoms with E-state index in [1.807, 2.05) is 19.1 Å². The molecule has 6 nitrogen and oxygen atoms in total. The summed E-state index contributed by atoms with van der Waals surface area (Å²) in [6.45, 7) is 1.67. The molecule has 0 aromatic heterocycles. The van der Waals surface area contributed by atoms with Crippen molar-refractivity contribution < 1.29 is 19.1 Å². The molecule has 0 bridgehead atoms. The van der Waals surface area contributed by atoms with Gasteiger partial charge in [-0.15, -0.1) is 0 Å². The van der Waals surface area contributed by atoms with E-state index in [1.54, 1.807) is 54.6 Å². The van der Waals surface area contributed by atoms with Gasteiger partial charge in [-0.2, -0.15) is 5.10 Å². The highest BCUT2D eigenvalue weighted by molar-refractivity contribution is 6.42. The van der Waals surface area contributed by atoms with Crippen LogP contribution in [0.3, 0.4) is 0 Å². The van der Waals surface area contributed by atoms with Crippen LogP contribution in [-0.2, 0) is 4.79 Å². The van der Waals surface area contributed by atoms with Crippen LogP contribution in [0.1, 0.15) is 21.5 Å². The summed E-state index contributed by atoms with van der Waals surface area (Å²) in [4.78, 5) is 24.0. The van der Waals surface area contributed by atoms with Crippen molar-refractivity contribution >= 4 is 41.3 Å². The van der Waals surface area contributed by atoms with Crippen LogP contribution in [0.25, 0.3) is 0 Å². The quantitative estimate of drug-likeness (QED) is 0.233. The number of rotatable bonds is 7. The molecule has 0 aliphatic heterocycles. The minimum atomic E-state index is -0.462. The SMILES string of the molecule is Cc1ccc(C(=O)Oc2ccc(C=NNC(=O)COc3cccc(Cl)c3Cl)cc2)cc1. The highest BCUT2D eigenvalue weighted by atomic mass is 35.5. The fourth-order valence-electron chi connectivity index (χ4n) is 2.43. The molecule has 0 atom stereocenters. The zero-order valence-corrected chi connectivity index (χ0v) is 18.0. The third-order valence-corrected chi connectivity index (χ3v) is 4.86. The molecule has 31 heavy (non-hydrogen) atoms. The molecule has 3 rings (SSSR count). The second-order valence-electron chi connectivity index (χ2n) is 6.46. The first-order valence-electron chi connectivity index (χ1n) is 9.20. The second-order valence-corrected chi connectivity index (χ2v) is 7.24. The van der Waals surface area contributed by atoms with E-state index in [1.165, 1.54) is 6.21 Å². The molecule has 1 N–H and O–H groups in total. The Morgan fingerprint density at radius 3 is 2.42 bits per heavy atom. The molecule has 0 fully saturated rings. The zero-order chi connectivity index (χ0) is 22.2. The highest BCUT2D eigenvalue weighted by Crippen LogP contribution is 2.31. The minimum Gasteiger partial charge on any atom is -0.482 e.